The summed E-state index contributed by atoms with van der Waals surface area (Å²) in [7, 11) is 0. The summed E-state index contributed by atoms with van der Waals surface area (Å²) in [6.45, 7) is 1.85. The van der Waals surface area contributed by atoms with Crippen LogP contribution in [0.1, 0.15) is 27.2 Å². The van der Waals surface area contributed by atoms with Gasteiger partial charge in [0.1, 0.15) is 0 Å². The van der Waals surface area contributed by atoms with Gasteiger partial charge in [0, 0.05) is 5.56 Å². The SMILES string of the molecule is Cc1nc(NC(=O)c2ccc3c(c2)Cc2ccccc2-3)sc1SCC(N)=O. The Morgan fingerprint density at radius 1 is 1.19 bits per heavy atom. The molecule has 0 unspecified atom stereocenters. The predicted octanol–water partition coefficient (Wildman–Crippen LogP) is 3.85. The van der Waals surface area contributed by atoms with Gasteiger partial charge in [-0.15, -0.1) is 11.8 Å². The number of nitrogens with one attached hydrogen (secondary N) is 1. The molecule has 3 aromatic rings. The minimum Gasteiger partial charge on any atom is -0.369 e. The maximum atomic E-state index is 12.6. The highest BCUT2D eigenvalue weighted by molar-refractivity contribution is 8.01. The molecule has 27 heavy (non-hydrogen) atoms. The van der Waals surface area contributed by atoms with Gasteiger partial charge in [-0.25, -0.2) is 4.98 Å². The second-order valence-electron chi connectivity index (χ2n) is 6.31. The number of aromatic nitrogens is 1. The molecule has 7 heteroatoms. The molecule has 1 aliphatic rings. The van der Waals surface area contributed by atoms with Crippen LogP contribution in [-0.4, -0.2) is 22.6 Å². The number of hydrogen-bond donors (Lipinski definition) is 2. The summed E-state index contributed by atoms with van der Waals surface area (Å²) < 4.78 is 0.883. The number of thioether (sulfide) groups is 1. The van der Waals surface area contributed by atoms with Crippen LogP contribution in [-0.2, 0) is 11.2 Å². The van der Waals surface area contributed by atoms with E-state index in [0.29, 0.717) is 10.7 Å². The molecule has 0 spiro atoms. The van der Waals surface area contributed by atoms with E-state index in [9.17, 15) is 9.59 Å². The van der Waals surface area contributed by atoms with Crippen LogP contribution in [0.3, 0.4) is 0 Å². The van der Waals surface area contributed by atoms with Crippen molar-refractivity contribution in [2.24, 2.45) is 5.73 Å². The zero-order chi connectivity index (χ0) is 19.0. The predicted molar refractivity (Wildman–Crippen MR) is 109 cm³/mol. The number of hydrogen-bond acceptors (Lipinski definition) is 5. The highest BCUT2D eigenvalue weighted by Crippen LogP contribution is 2.37. The van der Waals surface area contributed by atoms with Crippen LogP contribution in [0.25, 0.3) is 11.1 Å². The maximum Gasteiger partial charge on any atom is 0.257 e. The van der Waals surface area contributed by atoms with Crippen molar-refractivity contribution in [2.45, 2.75) is 17.6 Å². The summed E-state index contributed by atoms with van der Waals surface area (Å²) in [5.41, 5.74) is 11.5. The van der Waals surface area contributed by atoms with Gasteiger partial charge in [0.15, 0.2) is 5.13 Å². The van der Waals surface area contributed by atoms with E-state index in [1.165, 1.54) is 39.8 Å². The lowest BCUT2D eigenvalue weighted by Crippen LogP contribution is -2.12. The smallest absolute Gasteiger partial charge is 0.257 e. The fourth-order valence-corrected chi connectivity index (χ4v) is 5.03. The van der Waals surface area contributed by atoms with Gasteiger partial charge in [-0.1, -0.05) is 41.7 Å². The first kappa shape index (κ1) is 17.8. The van der Waals surface area contributed by atoms with Crippen molar-refractivity contribution in [3.05, 3.63) is 64.8 Å². The highest BCUT2D eigenvalue weighted by Gasteiger charge is 2.20. The van der Waals surface area contributed by atoms with Gasteiger partial charge in [0.2, 0.25) is 5.91 Å². The van der Waals surface area contributed by atoms with Gasteiger partial charge in [-0.2, -0.15) is 0 Å². The van der Waals surface area contributed by atoms with Gasteiger partial charge in [0.25, 0.3) is 5.91 Å². The van der Waals surface area contributed by atoms with Crippen molar-refractivity contribution in [2.75, 3.05) is 11.1 Å². The Morgan fingerprint density at radius 2 is 1.96 bits per heavy atom. The van der Waals surface area contributed by atoms with E-state index in [2.05, 4.69) is 22.4 Å². The summed E-state index contributed by atoms with van der Waals surface area (Å²) in [6.07, 6.45) is 0.844. The molecule has 1 aliphatic carbocycles. The van der Waals surface area contributed by atoms with Crippen LogP contribution < -0.4 is 11.1 Å². The zero-order valence-electron chi connectivity index (χ0n) is 14.6. The molecule has 1 heterocycles. The lowest BCUT2D eigenvalue weighted by Gasteiger charge is -2.05. The fourth-order valence-electron chi connectivity index (χ4n) is 3.16. The Hall–Kier alpha value is -2.64. The monoisotopic (exact) mass is 395 g/mol. The van der Waals surface area contributed by atoms with E-state index in [1.807, 2.05) is 37.3 Å². The third kappa shape index (κ3) is 3.61. The average molecular weight is 396 g/mol. The molecule has 0 atom stereocenters. The molecule has 0 fully saturated rings. The van der Waals surface area contributed by atoms with Gasteiger partial charge < -0.3 is 5.73 Å². The van der Waals surface area contributed by atoms with Crippen LogP contribution in [0, 0.1) is 6.92 Å². The molecule has 0 saturated heterocycles. The Bertz CT molecular complexity index is 1060. The van der Waals surface area contributed by atoms with Crippen LogP contribution >= 0.6 is 23.1 Å². The van der Waals surface area contributed by atoms with Crippen LogP contribution in [0.4, 0.5) is 5.13 Å². The largest absolute Gasteiger partial charge is 0.369 e. The second kappa shape index (κ2) is 7.17. The van der Waals surface area contributed by atoms with E-state index >= 15 is 0 Å². The quantitative estimate of drug-likeness (QED) is 0.503. The average Bonchev–Trinajstić information content (AvgIpc) is 3.19. The fraction of sp³-hybridized carbons (Fsp3) is 0.150. The minimum absolute atomic E-state index is 0.186. The number of carbonyl (C=O) groups is 2. The first-order chi connectivity index (χ1) is 13.0. The molecule has 3 N–H and O–H groups in total. The Morgan fingerprint density at radius 3 is 2.78 bits per heavy atom. The maximum absolute atomic E-state index is 12.6. The summed E-state index contributed by atoms with van der Waals surface area (Å²) in [5, 5.41) is 3.38. The molecular formula is C20H17N3O2S2. The summed E-state index contributed by atoms with van der Waals surface area (Å²) in [4.78, 5) is 28.0. The van der Waals surface area contributed by atoms with Gasteiger partial charge in [-0.05, 0) is 47.7 Å². The van der Waals surface area contributed by atoms with Crippen molar-refractivity contribution in [3.8, 4) is 11.1 Å². The summed E-state index contributed by atoms with van der Waals surface area (Å²) >= 11 is 2.69. The highest BCUT2D eigenvalue weighted by atomic mass is 32.2. The topological polar surface area (TPSA) is 85.1 Å². The lowest BCUT2D eigenvalue weighted by atomic mass is 10.0. The van der Waals surface area contributed by atoms with Crippen molar-refractivity contribution in [1.82, 2.24) is 4.98 Å². The number of benzene rings is 2. The number of amides is 2. The van der Waals surface area contributed by atoms with E-state index in [4.69, 9.17) is 5.73 Å². The van der Waals surface area contributed by atoms with Gasteiger partial charge >= 0.3 is 0 Å². The number of nitrogens with two attached hydrogens (primary N) is 1. The number of thiazole rings is 1. The standard InChI is InChI=1S/C20H17N3O2S2/c1-11-19(26-10-17(21)24)27-20(22-11)23-18(25)13-6-7-16-14(9-13)8-12-4-2-3-5-15(12)16/h2-7,9H,8,10H2,1H3,(H2,21,24)(H,22,23,25). The Labute approximate surface area is 165 Å². The molecule has 5 nitrogen and oxygen atoms in total. The summed E-state index contributed by atoms with van der Waals surface area (Å²) in [5.74, 6) is -0.367. The number of rotatable bonds is 5. The molecule has 2 amide bonds. The van der Waals surface area contributed by atoms with Crippen LogP contribution in [0.5, 0.6) is 0 Å². The molecule has 0 aliphatic heterocycles. The number of aryl methyl sites for hydroxylation is 1. The molecule has 0 saturated carbocycles. The number of anilines is 1. The number of fused-ring (bicyclic) bond motifs is 3. The van der Waals surface area contributed by atoms with Gasteiger partial charge in [0.05, 0.1) is 15.7 Å². The number of nitrogens with zero attached hydrogens (tertiary/aromatic N) is 1. The number of primary amides is 1. The molecular weight excluding hydrogens is 378 g/mol. The van der Waals surface area contributed by atoms with Gasteiger partial charge in [-0.3, -0.25) is 14.9 Å². The molecule has 2 aromatic carbocycles. The second-order valence-corrected chi connectivity index (χ2v) is 8.55. The van der Waals surface area contributed by atoms with E-state index in [-0.39, 0.29) is 17.6 Å². The lowest BCUT2D eigenvalue weighted by molar-refractivity contribution is -0.115. The Balaban J connectivity index is 1.51. The van der Waals surface area contributed by atoms with E-state index in [0.717, 1.165) is 21.9 Å². The first-order valence-corrected chi connectivity index (χ1v) is 10.2. The molecule has 1 aromatic heterocycles. The third-order valence-corrected chi connectivity index (χ3v) is 6.83. The van der Waals surface area contributed by atoms with E-state index < -0.39 is 0 Å². The van der Waals surface area contributed by atoms with Crippen molar-refractivity contribution < 1.29 is 9.59 Å². The van der Waals surface area contributed by atoms with Crippen LogP contribution in [0.15, 0.2) is 46.7 Å². The molecule has 0 bridgehead atoms. The minimum atomic E-state index is -0.377. The third-order valence-electron chi connectivity index (χ3n) is 4.38. The summed E-state index contributed by atoms with van der Waals surface area (Å²) in [6, 6.07) is 14.1. The molecule has 136 valence electrons. The normalized spacial score (nSPS) is 11.7. The molecule has 0 radical (unpaired) electrons. The van der Waals surface area contributed by atoms with E-state index in [1.54, 1.807) is 0 Å². The number of carbonyl (C=O) groups excluding carboxylic acids is 2. The Kier molecular flexibility index (Phi) is 4.72. The first-order valence-electron chi connectivity index (χ1n) is 8.42. The van der Waals surface area contributed by atoms with Crippen molar-refractivity contribution >= 4 is 40.0 Å². The van der Waals surface area contributed by atoms with Crippen molar-refractivity contribution in [3.63, 3.8) is 0 Å². The zero-order valence-corrected chi connectivity index (χ0v) is 16.2. The van der Waals surface area contributed by atoms with Crippen molar-refractivity contribution in [1.29, 1.82) is 0 Å². The van der Waals surface area contributed by atoms with Crippen LogP contribution in [0.2, 0.25) is 0 Å². The molecule has 4 rings (SSSR count).